The van der Waals surface area contributed by atoms with E-state index in [0.29, 0.717) is 11.0 Å². The monoisotopic (exact) mass is 245 g/mol. The van der Waals surface area contributed by atoms with E-state index in [1.807, 2.05) is 0 Å². The van der Waals surface area contributed by atoms with Gasteiger partial charge in [-0.15, -0.1) is 0 Å². The van der Waals surface area contributed by atoms with Gasteiger partial charge in [-0.3, -0.25) is 0 Å². The lowest BCUT2D eigenvalue weighted by Gasteiger charge is -2.15. The van der Waals surface area contributed by atoms with Gasteiger partial charge in [0, 0.05) is 22.6 Å². The standard InChI is InChI=1S/C12H17F2NS/c1-3-8(2)16-7-11(15)9-5-4-6-10(13)12(9)14/h4-6,8,11H,3,7,15H2,1-2H3. The molecule has 0 spiro atoms. The summed E-state index contributed by atoms with van der Waals surface area (Å²) in [7, 11) is 0. The fourth-order valence-electron chi connectivity index (χ4n) is 1.28. The van der Waals surface area contributed by atoms with Crippen LogP contribution in [0.25, 0.3) is 0 Å². The highest BCUT2D eigenvalue weighted by molar-refractivity contribution is 7.99. The van der Waals surface area contributed by atoms with Crippen LogP contribution in [0.15, 0.2) is 18.2 Å². The summed E-state index contributed by atoms with van der Waals surface area (Å²) in [6.07, 6.45) is 1.04. The molecule has 1 aromatic rings. The summed E-state index contributed by atoms with van der Waals surface area (Å²) < 4.78 is 26.4. The highest BCUT2D eigenvalue weighted by Crippen LogP contribution is 2.23. The highest BCUT2D eigenvalue weighted by atomic mass is 32.2. The number of halogens is 2. The minimum Gasteiger partial charge on any atom is -0.323 e. The molecule has 1 aromatic carbocycles. The Bertz CT molecular complexity index is 344. The van der Waals surface area contributed by atoms with E-state index in [4.69, 9.17) is 5.73 Å². The van der Waals surface area contributed by atoms with Gasteiger partial charge in [0.05, 0.1) is 0 Å². The Morgan fingerprint density at radius 3 is 2.69 bits per heavy atom. The zero-order valence-corrected chi connectivity index (χ0v) is 10.4. The maximum atomic E-state index is 13.4. The van der Waals surface area contributed by atoms with Crippen LogP contribution in [0.1, 0.15) is 31.9 Å². The first kappa shape index (κ1) is 13.5. The van der Waals surface area contributed by atoms with Gasteiger partial charge in [-0.25, -0.2) is 8.78 Å². The number of nitrogens with two attached hydrogens (primary N) is 1. The fraction of sp³-hybridized carbons (Fsp3) is 0.500. The summed E-state index contributed by atoms with van der Waals surface area (Å²) in [5.74, 6) is -1.05. The smallest absolute Gasteiger partial charge is 0.163 e. The van der Waals surface area contributed by atoms with E-state index in [1.165, 1.54) is 6.07 Å². The van der Waals surface area contributed by atoms with Gasteiger partial charge in [0.2, 0.25) is 0 Å². The van der Waals surface area contributed by atoms with Crippen molar-refractivity contribution in [1.82, 2.24) is 0 Å². The van der Waals surface area contributed by atoms with Gasteiger partial charge in [0.25, 0.3) is 0 Å². The Morgan fingerprint density at radius 1 is 1.38 bits per heavy atom. The van der Waals surface area contributed by atoms with E-state index in [-0.39, 0.29) is 5.56 Å². The maximum Gasteiger partial charge on any atom is 0.163 e. The van der Waals surface area contributed by atoms with Crippen molar-refractivity contribution in [2.75, 3.05) is 5.75 Å². The van der Waals surface area contributed by atoms with Crippen molar-refractivity contribution in [2.45, 2.75) is 31.6 Å². The Hall–Kier alpha value is -0.610. The van der Waals surface area contributed by atoms with Crippen LogP contribution in [0.3, 0.4) is 0 Å². The van der Waals surface area contributed by atoms with Crippen LogP contribution >= 0.6 is 11.8 Å². The zero-order valence-electron chi connectivity index (χ0n) is 9.54. The quantitative estimate of drug-likeness (QED) is 0.859. The minimum absolute atomic E-state index is 0.260. The molecule has 0 aliphatic rings. The van der Waals surface area contributed by atoms with Gasteiger partial charge >= 0.3 is 0 Å². The SMILES string of the molecule is CCC(C)SCC(N)c1cccc(F)c1F. The fourth-order valence-corrected chi connectivity index (χ4v) is 2.23. The van der Waals surface area contributed by atoms with E-state index < -0.39 is 17.7 Å². The first-order valence-electron chi connectivity index (χ1n) is 5.37. The van der Waals surface area contributed by atoms with Crippen molar-refractivity contribution in [3.63, 3.8) is 0 Å². The van der Waals surface area contributed by atoms with Gasteiger partial charge in [-0.05, 0) is 12.5 Å². The molecule has 16 heavy (non-hydrogen) atoms. The molecule has 0 saturated carbocycles. The minimum atomic E-state index is -0.832. The third kappa shape index (κ3) is 3.46. The van der Waals surface area contributed by atoms with Crippen molar-refractivity contribution in [1.29, 1.82) is 0 Å². The Labute approximate surface area is 99.4 Å². The van der Waals surface area contributed by atoms with Crippen LogP contribution in [0.4, 0.5) is 8.78 Å². The summed E-state index contributed by atoms with van der Waals surface area (Å²) in [6, 6.07) is 3.68. The second-order valence-corrected chi connectivity index (χ2v) is 5.27. The van der Waals surface area contributed by atoms with Crippen LogP contribution in [0.2, 0.25) is 0 Å². The van der Waals surface area contributed by atoms with Crippen LogP contribution in [-0.2, 0) is 0 Å². The summed E-state index contributed by atoms with van der Waals surface area (Å²) >= 11 is 1.68. The average molecular weight is 245 g/mol. The first-order chi connectivity index (χ1) is 7.56. The Balaban J connectivity index is 2.66. The molecule has 0 aliphatic heterocycles. The van der Waals surface area contributed by atoms with Crippen LogP contribution in [-0.4, -0.2) is 11.0 Å². The highest BCUT2D eigenvalue weighted by Gasteiger charge is 2.15. The molecule has 0 fully saturated rings. The lowest BCUT2D eigenvalue weighted by atomic mass is 10.1. The van der Waals surface area contributed by atoms with Gasteiger partial charge < -0.3 is 5.73 Å². The number of thioether (sulfide) groups is 1. The van der Waals surface area contributed by atoms with E-state index in [1.54, 1.807) is 17.8 Å². The lowest BCUT2D eigenvalue weighted by Crippen LogP contribution is -2.16. The molecule has 1 rings (SSSR count). The molecule has 2 N–H and O–H groups in total. The topological polar surface area (TPSA) is 26.0 Å². The van der Waals surface area contributed by atoms with Crippen LogP contribution in [0.5, 0.6) is 0 Å². The Morgan fingerprint density at radius 2 is 2.06 bits per heavy atom. The second kappa shape index (κ2) is 6.21. The van der Waals surface area contributed by atoms with E-state index in [9.17, 15) is 8.78 Å². The third-order valence-electron chi connectivity index (χ3n) is 2.52. The van der Waals surface area contributed by atoms with E-state index >= 15 is 0 Å². The zero-order chi connectivity index (χ0) is 12.1. The molecule has 0 amide bonds. The van der Waals surface area contributed by atoms with E-state index in [0.717, 1.165) is 12.5 Å². The molecule has 0 saturated heterocycles. The van der Waals surface area contributed by atoms with Crippen molar-refractivity contribution in [2.24, 2.45) is 5.73 Å². The van der Waals surface area contributed by atoms with Gasteiger partial charge in [0.15, 0.2) is 11.6 Å². The average Bonchev–Trinajstić information content (AvgIpc) is 2.29. The number of hydrogen-bond acceptors (Lipinski definition) is 2. The number of rotatable bonds is 5. The normalized spacial score (nSPS) is 14.8. The van der Waals surface area contributed by atoms with Crippen LogP contribution < -0.4 is 5.73 Å². The largest absolute Gasteiger partial charge is 0.323 e. The lowest BCUT2D eigenvalue weighted by molar-refractivity contribution is 0.493. The molecule has 0 aliphatic carbocycles. The predicted molar refractivity (Wildman–Crippen MR) is 65.5 cm³/mol. The molecule has 0 heterocycles. The van der Waals surface area contributed by atoms with Crippen molar-refractivity contribution in [3.8, 4) is 0 Å². The molecule has 2 atom stereocenters. The van der Waals surface area contributed by atoms with Crippen molar-refractivity contribution in [3.05, 3.63) is 35.4 Å². The van der Waals surface area contributed by atoms with Gasteiger partial charge in [0.1, 0.15) is 0 Å². The summed E-state index contributed by atoms with van der Waals surface area (Å²) in [5, 5.41) is 0.489. The molecular formula is C12H17F2NS. The second-order valence-electron chi connectivity index (χ2n) is 3.80. The van der Waals surface area contributed by atoms with E-state index in [2.05, 4.69) is 13.8 Å². The molecule has 0 bridgehead atoms. The number of hydrogen-bond donors (Lipinski definition) is 1. The molecule has 1 nitrogen and oxygen atoms in total. The van der Waals surface area contributed by atoms with Gasteiger partial charge in [-0.2, -0.15) is 11.8 Å². The number of benzene rings is 1. The molecule has 0 radical (unpaired) electrons. The molecular weight excluding hydrogens is 228 g/mol. The van der Waals surface area contributed by atoms with Crippen molar-refractivity contribution >= 4 is 11.8 Å². The summed E-state index contributed by atoms with van der Waals surface area (Å²) in [4.78, 5) is 0. The van der Waals surface area contributed by atoms with Crippen LogP contribution in [0, 0.1) is 11.6 Å². The predicted octanol–water partition coefficient (Wildman–Crippen LogP) is 3.50. The molecule has 0 aromatic heterocycles. The van der Waals surface area contributed by atoms with Crippen molar-refractivity contribution < 1.29 is 8.78 Å². The van der Waals surface area contributed by atoms with Gasteiger partial charge in [-0.1, -0.05) is 26.0 Å². The third-order valence-corrected chi connectivity index (χ3v) is 3.97. The molecule has 4 heteroatoms. The maximum absolute atomic E-state index is 13.4. The summed E-state index contributed by atoms with van der Waals surface area (Å²) in [5.41, 5.74) is 6.10. The molecule has 2 unspecified atom stereocenters. The Kier molecular flexibility index (Phi) is 5.22. The summed E-state index contributed by atoms with van der Waals surface area (Å²) in [6.45, 7) is 4.19. The first-order valence-corrected chi connectivity index (χ1v) is 6.42. The molecule has 90 valence electrons.